The summed E-state index contributed by atoms with van der Waals surface area (Å²) in [6.45, 7) is 0.449. The molecule has 1 aromatic rings. The van der Waals surface area contributed by atoms with Crippen molar-refractivity contribution in [2.45, 2.75) is 36.6 Å². The van der Waals surface area contributed by atoms with Gasteiger partial charge in [0.15, 0.2) is 0 Å². The molecule has 0 saturated heterocycles. The van der Waals surface area contributed by atoms with Crippen molar-refractivity contribution in [3.8, 4) is 0 Å². The molecule has 1 aliphatic rings. The molecule has 0 atom stereocenters. The van der Waals surface area contributed by atoms with E-state index in [0.29, 0.717) is 11.9 Å². The van der Waals surface area contributed by atoms with Gasteiger partial charge in [0.05, 0.1) is 4.90 Å². The lowest BCUT2D eigenvalue weighted by atomic mass is 10.2. The molecule has 0 amide bonds. The van der Waals surface area contributed by atoms with E-state index in [0.717, 1.165) is 25.7 Å². The van der Waals surface area contributed by atoms with Crippen molar-refractivity contribution in [2.75, 3.05) is 11.9 Å². The fraction of sp³-hybridized carbons (Fsp3) is 0.538. The Hall–Kier alpha value is -0.460. The van der Waals surface area contributed by atoms with Crippen LogP contribution in [0.5, 0.6) is 0 Å². The molecule has 1 saturated carbocycles. The van der Waals surface area contributed by atoms with Crippen LogP contribution in [-0.2, 0) is 10.0 Å². The Morgan fingerprint density at radius 2 is 1.79 bits per heavy atom. The summed E-state index contributed by atoms with van der Waals surface area (Å²) in [5.74, 6) is -0.424. The first-order valence-electron chi connectivity index (χ1n) is 6.39. The second-order valence-corrected chi connectivity index (χ2v) is 7.38. The van der Waals surface area contributed by atoms with Crippen LogP contribution in [0.3, 0.4) is 0 Å². The maximum absolute atomic E-state index is 12.9. The van der Waals surface area contributed by atoms with Crippen molar-refractivity contribution in [3.63, 3.8) is 0 Å². The van der Waals surface area contributed by atoms with Gasteiger partial charge in [0.25, 0.3) is 0 Å². The van der Waals surface area contributed by atoms with Crippen molar-refractivity contribution >= 4 is 26.0 Å². The van der Waals surface area contributed by atoms with Crippen LogP contribution in [0, 0.1) is 5.82 Å². The quantitative estimate of drug-likeness (QED) is 0.765. The third-order valence-corrected chi connectivity index (χ3v) is 5.78. The Morgan fingerprint density at radius 3 is 2.32 bits per heavy atom. The van der Waals surface area contributed by atoms with E-state index >= 15 is 0 Å². The normalized spacial score (nSPS) is 17.2. The van der Waals surface area contributed by atoms with Crippen LogP contribution < -0.4 is 0 Å². The number of nitrogens with zero attached hydrogens (tertiary/aromatic N) is 1. The van der Waals surface area contributed by atoms with Crippen LogP contribution in [0.4, 0.5) is 4.39 Å². The maximum Gasteiger partial charge on any atom is 0.243 e. The summed E-state index contributed by atoms with van der Waals surface area (Å²) in [6.07, 6.45) is 3.96. The molecule has 0 aromatic heterocycles. The Balaban J connectivity index is 2.30. The number of hydrogen-bond acceptors (Lipinski definition) is 2. The predicted octanol–water partition coefficient (Wildman–Crippen LogP) is 3.15. The average molecular weight is 350 g/mol. The predicted molar refractivity (Wildman–Crippen MR) is 76.3 cm³/mol. The lowest BCUT2D eigenvalue weighted by Gasteiger charge is -2.27. The van der Waals surface area contributed by atoms with Gasteiger partial charge in [-0.25, -0.2) is 12.8 Å². The largest absolute Gasteiger partial charge is 0.243 e. The molecule has 1 fully saturated rings. The van der Waals surface area contributed by atoms with E-state index in [-0.39, 0.29) is 10.9 Å². The summed E-state index contributed by atoms with van der Waals surface area (Å²) >= 11 is 3.31. The third kappa shape index (κ3) is 3.35. The Morgan fingerprint density at radius 1 is 1.21 bits per heavy atom. The van der Waals surface area contributed by atoms with Gasteiger partial charge < -0.3 is 0 Å². The van der Waals surface area contributed by atoms with Crippen LogP contribution in [0.2, 0.25) is 0 Å². The zero-order valence-corrected chi connectivity index (χ0v) is 13.0. The van der Waals surface area contributed by atoms with Crippen molar-refractivity contribution in [3.05, 3.63) is 30.1 Å². The minimum absolute atomic E-state index is 0.0765. The lowest BCUT2D eigenvalue weighted by molar-refractivity contribution is 0.338. The fourth-order valence-electron chi connectivity index (χ4n) is 2.52. The van der Waals surface area contributed by atoms with Crippen LogP contribution in [-0.4, -0.2) is 30.6 Å². The molecule has 19 heavy (non-hydrogen) atoms. The summed E-state index contributed by atoms with van der Waals surface area (Å²) in [5, 5.41) is 0.601. The van der Waals surface area contributed by atoms with E-state index in [1.807, 2.05) is 0 Å². The zero-order valence-electron chi connectivity index (χ0n) is 10.6. The number of halogens is 2. The molecule has 0 bridgehead atoms. The van der Waals surface area contributed by atoms with Gasteiger partial charge in [0.1, 0.15) is 5.82 Å². The van der Waals surface area contributed by atoms with E-state index in [9.17, 15) is 12.8 Å². The molecule has 2 rings (SSSR count). The maximum atomic E-state index is 12.9. The van der Waals surface area contributed by atoms with Crippen molar-refractivity contribution in [2.24, 2.45) is 0 Å². The standard InChI is InChI=1S/C13H17BrFNO2S/c14-9-10-16(12-3-1-2-4-12)19(17,18)13-7-5-11(15)6-8-13/h5-8,12H,1-4,9-10H2. The number of alkyl halides is 1. The van der Waals surface area contributed by atoms with Crippen molar-refractivity contribution in [1.82, 2.24) is 4.31 Å². The van der Waals surface area contributed by atoms with E-state index in [1.165, 1.54) is 24.3 Å². The first-order valence-corrected chi connectivity index (χ1v) is 8.95. The van der Waals surface area contributed by atoms with Gasteiger partial charge in [0.2, 0.25) is 10.0 Å². The number of rotatable bonds is 5. The molecular formula is C13H17BrFNO2S. The van der Waals surface area contributed by atoms with E-state index < -0.39 is 15.8 Å². The summed E-state index contributed by atoms with van der Waals surface area (Å²) < 4.78 is 39.7. The number of benzene rings is 1. The average Bonchev–Trinajstić information content (AvgIpc) is 2.89. The Kier molecular flexibility index (Phi) is 4.97. The lowest BCUT2D eigenvalue weighted by Crippen LogP contribution is -2.40. The molecule has 0 spiro atoms. The fourth-order valence-corrected chi connectivity index (χ4v) is 4.82. The van der Waals surface area contributed by atoms with Crippen LogP contribution in [0.25, 0.3) is 0 Å². The molecular weight excluding hydrogens is 333 g/mol. The molecule has 0 unspecified atom stereocenters. The van der Waals surface area contributed by atoms with Crippen LogP contribution >= 0.6 is 15.9 Å². The van der Waals surface area contributed by atoms with Gasteiger partial charge in [-0.2, -0.15) is 4.31 Å². The molecule has 0 aliphatic heterocycles. The highest BCUT2D eigenvalue weighted by atomic mass is 79.9. The van der Waals surface area contributed by atoms with Crippen LogP contribution in [0.15, 0.2) is 29.2 Å². The molecule has 6 heteroatoms. The highest BCUT2D eigenvalue weighted by molar-refractivity contribution is 9.09. The minimum Gasteiger partial charge on any atom is -0.207 e. The molecule has 1 aliphatic carbocycles. The first kappa shape index (κ1) is 14.9. The summed E-state index contributed by atoms with van der Waals surface area (Å²) in [6, 6.07) is 5.12. The van der Waals surface area contributed by atoms with Crippen LogP contribution in [0.1, 0.15) is 25.7 Å². The Labute approximate surface area is 122 Å². The first-order chi connectivity index (χ1) is 9.05. The highest BCUT2D eigenvalue weighted by Gasteiger charge is 2.32. The molecule has 0 N–H and O–H groups in total. The van der Waals surface area contributed by atoms with E-state index in [1.54, 1.807) is 4.31 Å². The summed E-state index contributed by atoms with van der Waals surface area (Å²) in [7, 11) is -3.53. The zero-order chi connectivity index (χ0) is 13.9. The molecule has 3 nitrogen and oxygen atoms in total. The van der Waals surface area contributed by atoms with Gasteiger partial charge >= 0.3 is 0 Å². The molecule has 1 aromatic carbocycles. The SMILES string of the molecule is O=S(=O)(c1ccc(F)cc1)N(CCBr)C1CCCC1. The number of sulfonamides is 1. The Bertz CT molecular complexity index is 512. The van der Waals surface area contributed by atoms with E-state index in [4.69, 9.17) is 0 Å². The van der Waals surface area contributed by atoms with Gasteiger partial charge in [0, 0.05) is 17.9 Å². The van der Waals surface area contributed by atoms with Crippen molar-refractivity contribution in [1.29, 1.82) is 0 Å². The highest BCUT2D eigenvalue weighted by Crippen LogP contribution is 2.28. The summed E-state index contributed by atoms with van der Waals surface area (Å²) in [4.78, 5) is 0.168. The molecule has 0 radical (unpaired) electrons. The molecule has 106 valence electrons. The summed E-state index contributed by atoms with van der Waals surface area (Å²) in [5.41, 5.74) is 0. The van der Waals surface area contributed by atoms with Gasteiger partial charge in [-0.1, -0.05) is 28.8 Å². The second-order valence-electron chi connectivity index (χ2n) is 4.70. The van der Waals surface area contributed by atoms with E-state index in [2.05, 4.69) is 15.9 Å². The van der Waals surface area contributed by atoms with Gasteiger partial charge in [-0.15, -0.1) is 0 Å². The number of hydrogen-bond donors (Lipinski definition) is 0. The second kappa shape index (κ2) is 6.33. The van der Waals surface area contributed by atoms with Gasteiger partial charge in [-0.05, 0) is 37.1 Å². The monoisotopic (exact) mass is 349 g/mol. The molecule has 0 heterocycles. The topological polar surface area (TPSA) is 37.4 Å². The van der Waals surface area contributed by atoms with Crippen molar-refractivity contribution < 1.29 is 12.8 Å². The smallest absolute Gasteiger partial charge is 0.207 e. The van der Waals surface area contributed by atoms with Gasteiger partial charge in [-0.3, -0.25) is 0 Å². The minimum atomic E-state index is -3.53. The third-order valence-electron chi connectivity index (χ3n) is 3.46.